The van der Waals surface area contributed by atoms with E-state index in [1.807, 2.05) is 6.07 Å². The van der Waals surface area contributed by atoms with Gasteiger partial charge in [0.1, 0.15) is 11.5 Å². The first-order valence-electron chi connectivity index (χ1n) is 5.45. The van der Waals surface area contributed by atoms with Gasteiger partial charge < -0.3 is 15.2 Å². The Morgan fingerprint density at radius 1 is 1.33 bits per heavy atom. The minimum absolute atomic E-state index is 0.247. The van der Waals surface area contributed by atoms with E-state index < -0.39 is 0 Å². The first kappa shape index (κ1) is 11.9. The molecule has 0 atom stereocenters. The van der Waals surface area contributed by atoms with Crippen LogP contribution in [0.2, 0.25) is 0 Å². The van der Waals surface area contributed by atoms with Crippen LogP contribution in [-0.4, -0.2) is 24.8 Å². The molecular formula is C12H19NO2. The predicted octanol–water partition coefficient (Wildman–Crippen LogP) is 2.16. The van der Waals surface area contributed by atoms with Crippen LogP contribution in [0.15, 0.2) is 24.3 Å². The van der Waals surface area contributed by atoms with Gasteiger partial charge in [-0.25, -0.2) is 0 Å². The van der Waals surface area contributed by atoms with Crippen molar-refractivity contribution in [2.45, 2.75) is 19.8 Å². The van der Waals surface area contributed by atoms with E-state index in [2.05, 4.69) is 12.2 Å². The molecule has 0 bridgehead atoms. The van der Waals surface area contributed by atoms with Crippen molar-refractivity contribution in [2.24, 2.45) is 0 Å². The monoisotopic (exact) mass is 209 g/mol. The Morgan fingerprint density at radius 2 is 2.20 bits per heavy atom. The molecule has 1 rings (SSSR count). The number of aromatic hydroxyl groups is 1. The molecule has 3 heteroatoms. The molecule has 0 aliphatic rings. The van der Waals surface area contributed by atoms with Gasteiger partial charge in [-0.3, -0.25) is 0 Å². The van der Waals surface area contributed by atoms with E-state index in [9.17, 15) is 5.11 Å². The van der Waals surface area contributed by atoms with Crippen LogP contribution in [0.4, 0.5) is 0 Å². The molecule has 0 aromatic heterocycles. The summed E-state index contributed by atoms with van der Waals surface area (Å²) in [6.07, 6.45) is 2.14. The molecule has 0 spiro atoms. The molecular weight excluding hydrogens is 190 g/mol. The van der Waals surface area contributed by atoms with E-state index in [0.29, 0.717) is 6.61 Å². The lowest BCUT2D eigenvalue weighted by atomic mass is 10.3. The van der Waals surface area contributed by atoms with Crippen LogP contribution in [0.1, 0.15) is 19.8 Å². The summed E-state index contributed by atoms with van der Waals surface area (Å²) in [5.41, 5.74) is 0. The third-order valence-electron chi connectivity index (χ3n) is 2.01. The number of rotatable bonds is 7. The Labute approximate surface area is 91.1 Å². The van der Waals surface area contributed by atoms with Crippen LogP contribution in [-0.2, 0) is 0 Å². The van der Waals surface area contributed by atoms with E-state index in [1.54, 1.807) is 18.2 Å². The van der Waals surface area contributed by atoms with E-state index in [4.69, 9.17) is 4.74 Å². The van der Waals surface area contributed by atoms with Crippen molar-refractivity contribution in [1.82, 2.24) is 5.32 Å². The topological polar surface area (TPSA) is 41.5 Å². The summed E-state index contributed by atoms with van der Waals surface area (Å²) in [4.78, 5) is 0. The summed E-state index contributed by atoms with van der Waals surface area (Å²) < 4.78 is 5.47. The van der Waals surface area contributed by atoms with E-state index in [0.717, 1.165) is 31.7 Å². The lowest BCUT2D eigenvalue weighted by Crippen LogP contribution is -2.17. The second-order valence-electron chi connectivity index (χ2n) is 3.45. The molecule has 0 amide bonds. The highest BCUT2D eigenvalue weighted by Crippen LogP contribution is 2.17. The number of hydrogen-bond acceptors (Lipinski definition) is 3. The van der Waals surface area contributed by atoms with Crippen molar-refractivity contribution in [1.29, 1.82) is 0 Å². The number of ether oxygens (including phenoxy) is 1. The zero-order chi connectivity index (χ0) is 10.9. The van der Waals surface area contributed by atoms with E-state index in [1.165, 1.54) is 0 Å². The molecule has 1 aromatic carbocycles. The van der Waals surface area contributed by atoms with Crippen molar-refractivity contribution in [3.63, 3.8) is 0 Å². The number of hydrogen-bond donors (Lipinski definition) is 2. The Morgan fingerprint density at radius 3 is 2.93 bits per heavy atom. The second-order valence-corrected chi connectivity index (χ2v) is 3.45. The molecule has 1 aromatic rings. The minimum Gasteiger partial charge on any atom is -0.508 e. The largest absolute Gasteiger partial charge is 0.508 e. The Kier molecular flexibility index (Phi) is 5.63. The summed E-state index contributed by atoms with van der Waals surface area (Å²) >= 11 is 0. The smallest absolute Gasteiger partial charge is 0.122 e. The highest BCUT2D eigenvalue weighted by Gasteiger charge is 1.94. The fourth-order valence-corrected chi connectivity index (χ4v) is 1.26. The molecule has 84 valence electrons. The number of nitrogens with one attached hydrogen (secondary N) is 1. The quantitative estimate of drug-likeness (QED) is 0.676. The average Bonchev–Trinajstić information content (AvgIpc) is 2.23. The van der Waals surface area contributed by atoms with Crippen LogP contribution in [0.25, 0.3) is 0 Å². The van der Waals surface area contributed by atoms with Crippen molar-refractivity contribution in [2.75, 3.05) is 19.7 Å². The molecule has 3 nitrogen and oxygen atoms in total. The molecule has 0 fully saturated rings. The summed E-state index contributed by atoms with van der Waals surface area (Å²) in [5, 5.41) is 12.5. The average molecular weight is 209 g/mol. The lowest BCUT2D eigenvalue weighted by molar-refractivity contribution is 0.306. The maximum atomic E-state index is 9.19. The minimum atomic E-state index is 0.247. The summed E-state index contributed by atoms with van der Waals surface area (Å²) in [5.74, 6) is 0.974. The Hall–Kier alpha value is -1.22. The van der Waals surface area contributed by atoms with E-state index in [-0.39, 0.29) is 5.75 Å². The maximum Gasteiger partial charge on any atom is 0.122 e. The zero-order valence-corrected chi connectivity index (χ0v) is 9.20. The first-order valence-corrected chi connectivity index (χ1v) is 5.45. The number of phenolic OH excluding ortho intramolecular Hbond substituents is 1. The van der Waals surface area contributed by atoms with Crippen molar-refractivity contribution < 1.29 is 9.84 Å². The SMILES string of the molecule is CCCNCCCOc1cccc(O)c1. The van der Waals surface area contributed by atoms with Gasteiger partial charge in [-0.15, -0.1) is 0 Å². The molecule has 0 saturated carbocycles. The van der Waals surface area contributed by atoms with Gasteiger partial charge in [0.2, 0.25) is 0 Å². The van der Waals surface area contributed by atoms with Crippen LogP contribution < -0.4 is 10.1 Å². The number of benzene rings is 1. The van der Waals surface area contributed by atoms with Crippen LogP contribution in [0, 0.1) is 0 Å². The maximum absolute atomic E-state index is 9.19. The molecule has 15 heavy (non-hydrogen) atoms. The first-order chi connectivity index (χ1) is 7.33. The van der Waals surface area contributed by atoms with Gasteiger partial charge in [0.15, 0.2) is 0 Å². The third-order valence-corrected chi connectivity index (χ3v) is 2.01. The molecule has 0 heterocycles. The summed E-state index contributed by atoms with van der Waals surface area (Å²) in [7, 11) is 0. The van der Waals surface area contributed by atoms with Gasteiger partial charge >= 0.3 is 0 Å². The van der Waals surface area contributed by atoms with Gasteiger partial charge in [-0.1, -0.05) is 13.0 Å². The molecule has 0 radical (unpaired) electrons. The van der Waals surface area contributed by atoms with Crippen molar-refractivity contribution in [3.05, 3.63) is 24.3 Å². The summed E-state index contributed by atoms with van der Waals surface area (Å²) in [6.45, 7) is 4.87. The fraction of sp³-hybridized carbons (Fsp3) is 0.500. The molecule has 0 saturated heterocycles. The van der Waals surface area contributed by atoms with Crippen LogP contribution in [0.3, 0.4) is 0 Å². The van der Waals surface area contributed by atoms with Gasteiger partial charge in [0, 0.05) is 6.07 Å². The Bertz CT molecular complexity index is 276. The molecule has 2 N–H and O–H groups in total. The highest BCUT2D eigenvalue weighted by atomic mass is 16.5. The normalized spacial score (nSPS) is 10.2. The van der Waals surface area contributed by atoms with Crippen molar-refractivity contribution in [3.8, 4) is 11.5 Å². The van der Waals surface area contributed by atoms with Gasteiger partial charge in [-0.2, -0.15) is 0 Å². The molecule has 0 aliphatic heterocycles. The van der Waals surface area contributed by atoms with E-state index >= 15 is 0 Å². The van der Waals surface area contributed by atoms with Crippen LogP contribution >= 0.6 is 0 Å². The third kappa shape index (κ3) is 5.27. The predicted molar refractivity (Wildman–Crippen MR) is 61.4 cm³/mol. The Balaban J connectivity index is 2.10. The lowest BCUT2D eigenvalue weighted by Gasteiger charge is -2.06. The highest BCUT2D eigenvalue weighted by molar-refractivity contribution is 5.31. The van der Waals surface area contributed by atoms with Crippen LogP contribution in [0.5, 0.6) is 11.5 Å². The van der Waals surface area contributed by atoms with Gasteiger partial charge in [0.25, 0.3) is 0 Å². The summed E-state index contributed by atoms with van der Waals surface area (Å²) in [6, 6.07) is 6.88. The molecule has 0 aliphatic carbocycles. The van der Waals surface area contributed by atoms with Crippen molar-refractivity contribution >= 4 is 0 Å². The molecule has 0 unspecified atom stereocenters. The van der Waals surface area contributed by atoms with Gasteiger partial charge in [0.05, 0.1) is 6.61 Å². The fourth-order valence-electron chi connectivity index (χ4n) is 1.26. The van der Waals surface area contributed by atoms with Gasteiger partial charge in [-0.05, 0) is 38.1 Å². The standard InChI is InChI=1S/C12H19NO2/c1-2-7-13-8-4-9-15-12-6-3-5-11(14)10-12/h3,5-6,10,13-14H,2,4,7-9H2,1H3. The number of phenols is 1. The zero-order valence-electron chi connectivity index (χ0n) is 9.20. The second kappa shape index (κ2) is 7.12.